The Morgan fingerprint density at radius 3 is 2.75 bits per heavy atom. The summed E-state index contributed by atoms with van der Waals surface area (Å²) >= 11 is 3.40. The van der Waals surface area contributed by atoms with E-state index in [1.807, 2.05) is 0 Å². The minimum Gasteiger partial charge on any atom is -0.352 e. The highest BCUT2D eigenvalue weighted by Crippen LogP contribution is 2.41. The number of hydrogen-bond donors (Lipinski definition) is 1. The molecule has 1 aliphatic heterocycles. The number of carbonyl (C=O) groups is 1. The van der Waals surface area contributed by atoms with Crippen molar-refractivity contribution in [2.75, 3.05) is 5.33 Å². The Labute approximate surface area is 80.5 Å². The van der Waals surface area contributed by atoms with Crippen molar-refractivity contribution < 1.29 is 4.79 Å². The van der Waals surface area contributed by atoms with Crippen LogP contribution in [0.25, 0.3) is 0 Å². The predicted molar refractivity (Wildman–Crippen MR) is 51.1 cm³/mol. The van der Waals surface area contributed by atoms with Gasteiger partial charge in [-0.15, -0.1) is 0 Å². The van der Waals surface area contributed by atoms with E-state index >= 15 is 0 Å². The average Bonchev–Trinajstić information content (AvgIpc) is 2.63. The zero-order valence-electron chi connectivity index (χ0n) is 6.85. The van der Waals surface area contributed by atoms with Crippen molar-refractivity contribution in [3.63, 3.8) is 0 Å². The van der Waals surface area contributed by atoms with Crippen molar-refractivity contribution in [1.82, 2.24) is 5.32 Å². The van der Waals surface area contributed by atoms with E-state index < -0.39 is 0 Å². The molecule has 1 heterocycles. The Balaban J connectivity index is 2.13. The summed E-state index contributed by atoms with van der Waals surface area (Å²) in [4.78, 5) is 11.6. The van der Waals surface area contributed by atoms with Crippen LogP contribution in [0.2, 0.25) is 0 Å². The third-order valence-electron chi connectivity index (χ3n) is 2.82. The summed E-state index contributed by atoms with van der Waals surface area (Å²) in [6.45, 7) is 0. The zero-order chi connectivity index (χ0) is 8.60. The maximum absolute atomic E-state index is 11.6. The van der Waals surface area contributed by atoms with E-state index in [1.54, 1.807) is 0 Å². The van der Waals surface area contributed by atoms with Crippen molar-refractivity contribution in [1.29, 1.82) is 0 Å². The second kappa shape index (κ2) is 2.87. The van der Waals surface area contributed by atoms with E-state index in [9.17, 15) is 4.79 Å². The second-order valence-corrected chi connectivity index (χ2v) is 4.34. The highest BCUT2D eigenvalue weighted by molar-refractivity contribution is 9.09. The number of rotatable bonds is 1. The predicted octanol–water partition coefficient (Wildman–Crippen LogP) is 1.61. The normalized spacial score (nSPS) is 31.4. The van der Waals surface area contributed by atoms with Crippen molar-refractivity contribution in [2.24, 2.45) is 5.41 Å². The highest BCUT2D eigenvalue weighted by Gasteiger charge is 2.46. The molecule has 3 heteroatoms. The van der Waals surface area contributed by atoms with Gasteiger partial charge in [-0.2, -0.15) is 0 Å². The van der Waals surface area contributed by atoms with E-state index in [1.165, 1.54) is 0 Å². The Kier molecular flexibility index (Phi) is 1.99. The largest absolute Gasteiger partial charge is 0.352 e. The number of amides is 1. The van der Waals surface area contributed by atoms with Gasteiger partial charge in [0.1, 0.15) is 0 Å². The maximum Gasteiger partial charge on any atom is 0.227 e. The highest BCUT2D eigenvalue weighted by atomic mass is 79.9. The first-order valence-electron chi connectivity index (χ1n) is 4.29. The van der Waals surface area contributed by atoms with Gasteiger partial charge in [-0.05, 0) is 19.3 Å². The van der Waals surface area contributed by atoms with Crippen LogP contribution in [0.5, 0.6) is 0 Å². The quantitative estimate of drug-likeness (QED) is 0.538. The Morgan fingerprint density at radius 1 is 1.58 bits per heavy atom. The van der Waals surface area contributed by atoms with Crippen LogP contribution in [0.4, 0.5) is 0 Å². The van der Waals surface area contributed by atoms with Crippen LogP contribution in [-0.2, 0) is 4.79 Å². The molecule has 66 valence electrons. The molecule has 1 fully saturated rings. The first-order valence-corrected chi connectivity index (χ1v) is 5.41. The van der Waals surface area contributed by atoms with Gasteiger partial charge >= 0.3 is 0 Å². The summed E-state index contributed by atoms with van der Waals surface area (Å²) < 4.78 is 0. The zero-order valence-corrected chi connectivity index (χ0v) is 8.43. The van der Waals surface area contributed by atoms with Gasteiger partial charge in [-0.3, -0.25) is 4.79 Å². The van der Waals surface area contributed by atoms with Gasteiger partial charge in [0.05, 0.1) is 5.41 Å². The minimum absolute atomic E-state index is 0.0710. The molecule has 2 rings (SSSR count). The van der Waals surface area contributed by atoms with Crippen molar-refractivity contribution in [2.45, 2.75) is 25.3 Å². The lowest BCUT2D eigenvalue weighted by molar-refractivity contribution is -0.127. The van der Waals surface area contributed by atoms with Gasteiger partial charge in [0.25, 0.3) is 0 Å². The first kappa shape index (κ1) is 8.30. The lowest BCUT2D eigenvalue weighted by atomic mass is 9.83. The smallest absolute Gasteiger partial charge is 0.227 e. The molecule has 0 saturated carbocycles. The molecule has 1 saturated heterocycles. The standard InChI is InChI=1S/C9H12BrNO/c10-6-7-5-9(8(12)11-7)3-1-2-4-9/h1-2,7H,3-6H2,(H,11,12). The fourth-order valence-electron chi connectivity index (χ4n) is 2.10. The van der Waals surface area contributed by atoms with Crippen LogP contribution in [0.3, 0.4) is 0 Å². The molecule has 0 aromatic rings. The fourth-order valence-corrected chi connectivity index (χ4v) is 2.49. The summed E-state index contributed by atoms with van der Waals surface area (Å²) in [5.74, 6) is 0.247. The van der Waals surface area contributed by atoms with Crippen LogP contribution < -0.4 is 5.32 Å². The molecule has 2 aliphatic rings. The maximum atomic E-state index is 11.6. The van der Waals surface area contributed by atoms with Gasteiger partial charge in [0.2, 0.25) is 5.91 Å². The fraction of sp³-hybridized carbons (Fsp3) is 0.667. The van der Waals surface area contributed by atoms with Crippen molar-refractivity contribution in [3.8, 4) is 0 Å². The summed E-state index contributed by atoms with van der Waals surface area (Å²) in [5, 5.41) is 3.89. The number of allylic oxidation sites excluding steroid dienone is 2. The molecule has 1 atom stereocenters. The molecule has 1 N–H and O–H groups in total. The van der Waals surface area contributed by atoms with E-state index in [-0.39, 0.29) is 11.3 Å². The van der Waals surface area contributed by atoms with E-state index in [4.69, 9.17) is 0 Å². The number of halogens is 1. The molecule has 1 unspecified atom stereocenters. The summed E-state index contributed by atoms with van der Waals surface area (Å²) in [5.41, 5.74) is -0.0710. The van der Waals surface area contributed by atoms with E-state index in [0.717, 1.165) is 24.6 Å². The van der Waals surface area contributed by atoms with Crippen LogP contribution in [0, 0.1) is 5.41 Å². The van der Waals surface area contributed by atoms with Gasteiger partial charge < -0.3 is 5.32 Å². The third-order valence-corrected chi connectivity index (χ3v) is 3.61. The lowest BCUT2D eigenvalue weighted by Gasteiger charge is -2.18. The summed E-state index contributed by atoms with van der Waals surface area (Å²) in [6, 6.07) is 0.345. The summed E-state index contributed by atoms with van der Waals surface area (Å²) in [6.07, 6.45) is 7.10. The van der Waals surface area contributed by atoms with Gasteiger partial charge in [-0.25, -0.2) is 0 Å². The van der Waals surface area contributed by atoms with Crippen LogP contribution in [0.1, 0.15) is 19.3 Å². The van der Waals surface area contributed by atoms with E-state index in [0.29, 0.717) is 6.04 Å². The van der Waals surface area contributed by atoms with Gasteiger partial charge in [0.15, 0.2) is 0 Å². The van der Waals surface area contributed by atoms with Crippen LogP contribution >= 0.6 is 15.9 Å². The minimum atomic E-state index is -0.0710. The number of alkyl halides is 1. The summed E-state index contributed by atoms with van der Waals surface area (Å²) in [7, 11) is 0. The Bertz CT molecular complexity index is 229. The van der Waals surface area contributed by atoms with Crippen LogP contribution in [-0.4, -0.2) is 17.3 Å². The third kappa shape index (κ3) is 1.11. The second-order valence-electron chi connectivity index (χ2n) is 3.69. The van der Waals surface area contributed by atoms with Gasteiger partial charge in [-0.1, -0.05) is 28.1 Å². The monoisotopic (exact) mass is 229 g/mol. The molecule has 0 aromatic carbocycles. The Hall–Kier alpha value is -0.310. The molecular formula is C9H12BrNO. The van der Waals surface area contributed by atoms with Gasteiger partial charge in [0, 0.05) is 11.4 Å². The molecule has 0 radical (unpaired) electrons. The molecule has 1 spiro atoms. The molecular weight excluding hydrogens is 218 g/mol. The Morgan fingerprint density at radius 2 is 2.25 bits per heavy atom. The topological polar surface area (TPSA) is 29.1 Å². The van der Waals surface area contributed by atoms with Crippen LogP contribution in [0.15, 0.2) is 12.2 Å². The molecule has 2 nitrogen and oxygen atoms in total. The average molecular weight is 230 g/mol. The number of carbonyl (C=O) groups excluding carboxylic acids is 1. The van der Waals surface area contributed by atoms with E-state index in [2.05, 4.69) is 33.4 Å². The lowest BCUT2D eigenvalue weighted by Crippen LogP contribution is -2.30. The van der Waals surface area contributed by atoms with Crippen molar-refractivity contribution >= 4 is 21.8 Å². The number of hydrogen-bond acceptors (Lipinski definition) is 1. The first-order chi connectivity index (χ1) is 5.77. The molecule has 12 heavy (non-hydrogen) atoms. The number of nitrogens with one attached hydrogen (secondary N) is 1. The molecule has 0 bridgehead atoms. The SMILES string of the molecule is O=C1NC(CBr)CC12CC=CC2. The molecule has 1 amide bonds. The molecule has 0 aromatic heterocycles. The molecule has 1 aliphatic carbocycles. The van der Waals surface area contributed by atoms with Crippen molar-refractivity contribution in [3.05, 3.63) is 12.2 Å².